The minimum atomic E-state index is -0.0103. The Balaban J connectivity index is 1.82. The molecule has 1 amide bonds. The van der Waals surface area contributed by atoms with Crippen LogP contribution in [-0.2, 0) is 17.9 Å². The van der Waals surface area contributed by atoms with Gasteiger partial charge in [0, 0.05) is 6.54 Å². The lowest BCUT2D eigenvalue weighted by Gasteiger charge is -2.13. The third-order valence-corrected chi connectivity index (χ3v) is 3.46. The minimum absolute atomic E-state index is 0.0103. The van der Waals surface area contributed by atoms with Gasteiger partial charge in [0.15, 0.2) is 23.8 Å². The van der Waals surface area contributed by atoms with Crippen LogP contribution in [0.5, 0.6) is 11.5 Å². The quantitative estimate of drug-likeness (QED) is 0.749. The van der Waals surface area contributed by atoms with Crippen LogP contribution in [0.4, 0.5) is 0 Å². The molecule has 23 heavy (non-hydrogen) atoms. The van der Waals surface area contributed by atoms with E-state index in [1.165, 1.54) is 0 Å². The SMILES string of the molecule is COc1ccc(CNC(=O)C[NH+](C)Cc2ccco2)cc1OC. The van der Waals surface area contributed by atoms with Gasteiger partial charge >= 0.3 is 0 Å². The van der Waals surface area contributed by atoms with Gasteiger partial charge in [0.2, 0.25) is 0 Å². The van der Waals surface area contributed by atoms with Gasteiger partial charge < -0.3 is 24.1 Å². The second-order valence-electron chi connectivity index (χ2n) is 5.36. The van der Waals surface area contributed by atoms with Crippen LogP contribution < -0.4 is 19.7 Å². The van der Waals surface area contributed by atoms with E-state index >= 15 is 0 Å². The number of hydrogen-bond acceptors (Lipinski definition) is 4. The average molecular weight is 319 g/mol. The molecule has 0 saturated carbocycles. The highest BCUT2D eigenvalue weighted by molar-refractivity contribution is 5.76. The molecule has 6 nitrogen and oxygen atoms in total. The van der Waals surface area contributed by atoms with Crippen molar-refractivity contribution in [1.82, 2.24) is 5.32 Å². The summed E-state index contributed by atoms with van der Waals surface area (Å²) in [5, 5.41) is 2.91. The Morgan fingerprint density at radius 1 is 1.22 bits per heavy atom. The summed E-state index contributed by atoms with van der Waals surface area (Å²) >= 11 is 0. The number of carbonyl (C=O) groups excluding carboxylic acids is 1. The highest BCUT2D eigenvalue weighted by Gasteiger charge is 2.12. The fourth-order valence-corrected chi connectivity index (χ4v) is 2.30. The monoisotopic (exact) mass is 319 g/mol. The van der Waals surface area contributed by atoms with Crippen molar-refractivity contribution in [2.75, 3.05) is 27.8 Å². The van der Waals surface area contributed by atoms with Gasteiger partial charge in [0.25, 0.3) is 5.91 Å². The molecule has 1 atom stereocenters. The summed E-state index contributed by atoms with van der Waals surface area (Å²) in [6.07, 6.45) is 1.64. The van der Waals surface area contributed by atoms with E-state index in [1.807, 2.05) is 37.4 Å². The van der Waals surface area contributed by atoms with Gasteiger partial charge in [0.05, 0.1) is 27.5 Å². The topological polar surface area (TPSA) is 65.1 Å². The van der Waals surface area contributed by atoms with Gasteiger partial charge in [-0.1, -0.05) is 6.07 Å². The summed E-state index contributed by atoms with van der Waals surface area (Å²) in [5.74, 6) is 2.18. The maximum Gasteiger partial charge on any atom is 0.275 e. The van der Waals surface area contributed by atoms with Crippen molar-refractivity contribution in [3.63, 3.8) is 0 Å². The Bertz CT molecular complexity index is 626. The number of quaternary nitrogens is 1. The van der Waals surface area contributed by atoms with Gasteiger partial charge in [-0.05, 0) is 29.8 Å². The van der Waals surface area contributed by atoms with E-state index in [9.17, 15) is 4.79 Å². The second-order valence-corrected chi connectivity index (χ2v) is 5.36. The number of carbonyl (C=O) groups is 1. The predicted molar refractivity (Wildman–Crippen MR) is 85.6 cm³/mol. The van der Waals surface area contributed by atoms with Gasteiger partial charge in [-0.15, -0.1) is 0 Å². The largest absolute Gasteiger partial charge is 0.493 e. The molecule has 6 heteroatoms. The van der Waals surface area contributed by atoms with E-state index in [-0.39, 0.29) is 5.91 Å². The molecule has 1 unspecified atom stereocenters. The van der Waals surface area contributed by atoms with Crippen LogP contribution >= 0.6 is 0 Å². The molecule has 0 radical (unpaired) electrons. The van der Waals surface area contributed by atoms with Crippen LogP contribution in [0.3, 0.4) is 0 Å². The van der Waals surface area contributed by atoms with E-state index < -0.39 is 0 Å². The molecule has 0 aliphatic carbocycles. The first kappa shape index (κ1) is 16.9. The molecule has 0 aliphatic heterocycles. The number of likely N-dealkylation sites (N-methyl/N-ethyl adjacent to an activating group) is 1. The van der Waals surface area contributed by atoms with Crippen molar-refractivity contribution in [1.29, 1.82) is 0 Å². The highest BCUT2D eigenvalue weighted by Crippen LogP contribution is 2.27. The summed E-state index contributed by atoms with van der Waals surface area (Å²) in [7, 11) is 5.14. The maximum absolute atomic E-state index is 12.0. The predicted octanol–water partition coefficient (Wildman–Crippen LogP) is 0.628. The Hall–Kier alpha value is -2.47. The Kier molecular flexibility index (Phi) is 6.05. The lowest BCUT2D eigenvalue weighted by molar-refractivity contribution is -0.886. The number of hydrogen-bond donors (Lipinski definition) is 2. The van der Waals surface area contributed by atoms with Gasteiger partial charge in [-0.25, -0.2) is 0 Å². The van der Waals surface area contributed by atoms with Crippen molar-refractivity contribution in [2.24, 2.45) is 0 Å². The van der Waals surface area contributed by atoms with Crippen LogP contribution in [0.25, 0.3) is 0 Å². The minimum Gasteiger partial charge on any atom is -0.493 e. The molecule has 2 aromatic rings. The lowest BCUT2D eigenvalue weighted by atomic mass is 10.2. The molecule has 0 aliphatic rings. The summed E-state index contributed by atoms with van der Waals surface area (Å²) in [6, 6.07) is 9.35. The number of rotatable bonds is 8. The molecule has 2 rings (SSSR count). The zero-order chi connectivity index (χ0) is 16.7. The number of benzene rings is 1. The van der Waals surface area contributed by atoms with Crippen molar-refractivity contribution in [3.05, 3.63) is 47.9 Å². The van der Waals surface area contributed by atoms with Gasteiger partial charge in [-0.3, -0.25) is 4.79 Å². The maximum atomic E-state index is 12.0. The number of furan rings is 1. The van der Waals surface area contributed by atoms with Crippen LogP contribution in [0.2, 0.25) is 0 Å². The van der Waals surface area contributed by atoms with Crippen molar-refractivity contribution in [3.8, 4) is 11.5 Å². The highest BCUT2D eigenvalue weighted by atomic mass is 16.5. The second kappa shape index (κ2) is 8.24. The van der Waals surface area contributed by atoms with E-state index in [2.05, 4.69) is 5.32 Å². The summed E-state index contributed by atoms with van der Waals surface area (Å²) < 4.78 is 15.7. The van der Waals surface area contributed by atoms with Gasteiger partial charge in [0.1, 0.15) is 6.54 Å². The van der Waals surface area contributed by atoms with E-state index in [0.29, 0.717) is 31.1 Å². The zero-order valence-corrected chi connectivity index (χ0v) is 13.7. The molecule has 0 spiro atoms. The van der Waals surface area contributed by atoms with Crippen molar-refractivity contribution >= 4 is 5.91 Å². The first-order valence-corrected chi connectivity index (χ1v) is 7.43. The first-order chi connectivity index (χ1) is 11.1. The molecule has 124 valence electrons. The molecule has 1 aromatic carbocycles. The van der Waals surface area contributed by atoms with Crippen molar-refractivity contribution in [2.45, 2.75) is 13.1 Å². The van der Waals surface area contributed by atoms with Crippen LogP contribution in [0.15, 0.2) is 41.0 Å². The first-order valence-electron chi connectivity index (χ1n) is 7.43. The van der Waals surface area contributed by atoms with Gasteiger partial charge in [-0.2, -0.15) is 0 Å². The molecule has 1 heterocycles. The third kappa shape index (κ3) is 5.03. The normalized spacial score (nSPS) is 11.8. The van der Waals surface area contributed by atoms with Crippen LogP contribution in [0.1, 0.15) is 11.3 Å². The molecule has 0 fully saturated rings. The summed E-state index contributed by atoms with van der Waals surface area (Å²) in [6.45, 7) is 1.51. The number of nitrogens with one attached hydrogen (secondary N) is 2. The summed E-state index contributed by atoms with van der Waals surface area (Å²) in [4.78, 5) is 13.1. The Morgan fingerprint density at radius 2 is 2.00 bits per heavy atom. The average Bonchev–Trinajstić information content (AvgIpc) is 3.05. The fourth-order valence-electron chi connectivity index (χ4n) is 2.30. The Morgan fingerprint density at radius 3 is 2.65 bits per heavy atom. The van der Waals surface area contributed by atoms with Crippen LogP contribution in [0, 0.1) is 0 Å². The smallest absolute Gasteiger partial charge is 0.275 e. The molecule has 0 saturated heterocycles. The van der Waals surface area contributed by atoms with E-state index in [1.54, 1.807) is 20.5 Å². The molecular weight excluding hydrogens is 296 g/mol. The van der Waals surface area contributed by atoms with Crippen LogP contribution in [-0.4, -0.2) is 33.7 Å². The molecule has 0 bridgehead atoms. The summed E-state index contributed by atoms with van der Waals surface area (Å²) in [5.41, 5.74) is 0.958. The number of methoxy groups -OCH3 is 2. The lowest BCUT2D eigenvalue weighted by Crippen LogP contribution is -3.08. The molecular formula is C17H23N2O4+. The fraction of sp³-hybridized carbons (Fsp3) is 0.353. The van der Waals surface area contributed by atoms with Crippen molar-refractivity contribution < 1.29 is 23.6 Å². The van der Waals surface area contributed by atoms with E-state index in [0.717, 1.165) is 16.2 Å². The van der Waals surface area contributed by atoms with E-state index in [4.69, 9.17) is 13.9 Å². The number of amides is 1. The standard InChI is InChI=1S/C17H22N2O4/c1-19(11-14-5-4-8-23-14)12-17(20)18-10-13-6-7-15(21-2)16(9-13)22-3/h4-9H,10-12H2,1-3H3,(H,18,20)/p+1. The molecule has 2 N–H and O–H groups in total. The zero-order valence-electron chi connectivity index (χ0n) is 13.7. The molecule has 1 aromatic heterocycles. The third-order valence-electron chi connectivity index (χ3n) is 3.46. The number of ether oxygens (including phenoxy) is 2. The Labute approximate surface area is 136 Å².